The number of benzene rings is 1. The molecule has 22 heavy (non-hydrogen) atoms. The van der Waals surface area contributed by atoms with Crippen molar-refractivity contribution in [3.8, 4) is 0 Å². The number of piperidine rings is 1. The summed E-state index contributed by atoms with van der Waals surface area (Å²) in [7, 11) is 1.78. The number of para-hydroxylation sites is 2. The SMILES string of the molecule is CN1CC2(CCCN(c3cnc4ccccc4n3)C2)OC1=O. The van der Waals surface area contributed by atoms with Gasteiger partial charge in [0.25, 0.3) is 0 Å². The summed E-state index contributed by atoms with van der Waals surface area (Å²) in [6, 6.07) is 7.85. The number of anilines is 1. The van der Waals surface area contributed by atoms with E-state index in [9.17, 15) is 4.79 Å². The number of carbonyl (C=O) groups excluding carboxylic acids is 1. The van der Waals surface area contributed by atoms with Gasteiger partial charge in [-0.2, -0.15) is 0 Å². The standard InChI is InChI=1S/C16H18N4O2/c1-19-10-16(22-15(19)21)7-4-8-20(11-16)14-9-17-12-5-2-3-6-13(12)18-14/h2-3,5-6,9H,4,7-8,10-11H2,1H3. The largest absolute Gasteiger partial charge is 0.439 e. The van der Waals surface area contributed by atoms with Crippen LogP contribution in [0.2, 0.25) is 0 Å². The molecule has 1 spiro atoms. The molecule has 2 saturated heterocycles. The molecular weight excluding hydrogens is 280 g/mol. The smallest absolute Gasteiger partial charge is 0.410 e. The Morgan fingerprint density at radius 2 is 2.05 bits per heavy atom. The van der Waals surface area contributed by atoms with Gasteiger partial charge in [-0.15, -0.1) is 0 Å². The average molecular weight is 298 g/mol. The first-order valence-electron chi connectivity index (χ1n) is 7.56. The third-order valence-electron chi connectivity index (χ3n) is 4.44. The van der Waals surface area contributed by atoms with Crippen LogP contribution in [0.1, 0.15) is 12.8 Å². The first-order chi connectivity index (χ1) is 10.7. The molecule has 6 heteroatoms. The Hall–Kier alpha value is -2.37. The van der Waals surface area contributed by atoms with Crippen molar-refractivity contribution in [3.05, 3.63) is 30.5 Å². The number of nitrogens with zero attached hydrogens (tertiary/aromatic N) is 4. The molecule has 2 fully saturated rings. The van der Waals surface area contributed by atoms with E-state index in [-0.39, 0.29) is 6.09 Å². The zero-order valence-electron chi connectivity index (χ0n) is 12.5. The topological polar surface area (TPSA) is 58.6 Å². The molecule has 1 aromatic heterocycles. The van der Waals surface area contributed by atoms with Gasteiger partial charge in [0.2, 0.25) is 0 Å². The number of rotatable bonds is 1. The fraction of sp³-hybridized carbons (Fsp3) is 0.438. The van der Waals surface area contributed by atoms with Crippen LogP contribution in [-0.4, -0.2) is 53.2 Å². The molecule has 0 N–H and O–H groups in total. The van der Waals surface area contributed by atoms with Crippen molar-refractivity contribution in [1.82, 2.24) is 14.9 Å². The Morgan fingerprint density at radius 1 is 1.23 bits per heavy atom. The fourth-order valence-corrected chi connectivity index (χ4v) is 3.40. The van der Waals surface area contributed by atoms with Crippen molar-refractivity contribution in [3.63, 3.8) is 0 Å². The van der Waals surface area contributed by atoms with Crippen LogP contribution in [0, 0.1) is 0 Å². The number of hydrogen-bond acceptors (Lipinski definition) is 5. The summed E-state index contributed by atoms with van der Waals surface area (Å²) in [4.78, 5) is 24.7. The predicted octanol–water partition coefficient (Wildman–Crippen LogP) is 2.05. The maximum atomic E-state index is 11.7. The number of fused-ring (bicyclic) bond motifs is 1. The highest BCUT2D eigenvalue weighted by Crippen LogP contribution is 2.33. The number of aromatic nitrogens is 2. The number of amides is 1. The lowest BCUT2D eigenvalue weighted by atomic mass is 9.93. The second kappa shape index (κ2) is 4.83. The summed E-state index contributed by atoms with van der Waals surface area (Å²) in [5.41, 5.74) is 1.38. The highest BCUT2D eigenvalue weighted by molar-refractivity contribution is 5.75. The Morgan fingerprint density at radius 3 is 2.82 bits per heavy atom. The van der Waals surface area contributed by atoms with Crippen LogP contribution in [0.5, 0.6) is 0 Å². The summed E-state index contributed by atoms with van der Waals surface area (Å²) >= 11 is 0. The maximum Gasteiger partial charge on any atom is 0.410 e. The first-order valence-corrected chi connectivity index (χ1v) is 7.56. The van der Waals surface area contributed by atoms with Crippen molar-refractivity contribution in [1.29, 1.82) is 0 Å². The third kappa shape index (κ3) is 2.15. The van der Waals surface area contributed by atoms with E-state index in [2.05, 4.69) is 9.88 Å². The van der Waals surface area contributed by atoms with Crippen molar-refractivity contribution in [2.45, 2.75) is 18.4 Å². The molecule has 3 heterocycles. The normalized spacial score (nSPS) is 25.0. The highest BCUT2D eigenvalue weighted by Gasteiger charge is 2.46. The molecule has 2 aliphatic heterocycles. The molecule has 114 valence electrons. The zero-order chi connectivity index (χ0) is 15.2. The predicted molar refractivity (Wildman–Crippen MR) is 82.8 cm³/mol. The van der Waals surface area contributed by atoms with Gasteiger partial charge in [-0.3, -0.25) is 4.98 Å². The van der Waals surface area contributed by atoms with Gasteiger partial charge in [-0.05, 0) is 25.0 Å². The Bertz CT molecular complexity index is 735. The van der Waals surface area contributed by atoms with Gasteiger partial charge in [0.1, 0.15) is 11.4 Å². The number of ether oxygens (including phenoxy) is 1. The molecule has 1 amide bonds. The summed E-state index contributed by atoms with van der Waals surface area (Å²) < 4.78 is 5.64. The van der Waals surface area contributed by atoms with Crippen molar-refractivity contribution >= 4 is 22.9 Å². The van der Waals surface area contributed by atoms with Gasteiger partial charge in [0, 0.05) is 13.6 Å². The number of likely N-dealkylation sites (N-methyl/N-ethyl adjacent to an activating group) is 1. The lowest BCUT2D eigenvalue weighted by Crippen LogP contribution is -2.50. The van der Waals surface area contributed by atoms with Crippen LogP contribution in [-0.2, 0) is 4.74 Å². The fourth-order valence-electron chi connectivity index (χ4n) is 3.40. The molecule has 2 aromatic rings. The third-order valence-corrected chi connectivity index (χ3v) is 4.44. The molecule has 1 aromatic carbocycles. The van der Waals surface area contributed by atoms with Crippen molar-refractivity contribution < 1.29 is 9.53 Å². The van der Waals surface area contributed by atoms with Crippen LogP contribution in [0.4, 0.5) is 10.6 Å². The number of hydrogen-bond donors (Lipinski definition) is 0. The van der Waals surface area contributed by atoms with E-state index < -0.39 is 5.60 Å². The van der Waals surface area contributed by atoms with E-state index in [1.807, 2.05) is 30.5 Å². The van der Waals surface area contributed by atoms with Gasteiger partial charge in [-0.25, -0.2) is 9.78 Å². The first kappa shape index (κ1) is 13.3. The number of carbonyl (C=O) groups is 1. The molecule has 0 saturated carbocycles. The molecular formula is C16H18N4O2. The van der Waals surface area contributed by atoms with Crippen molar-refractivity contribution in [2.24, 2.45) is 0 Å². The molecule has 6 nitrogen and oxygen atoms in total. The van der Waals surface area contributed by atoms with Crippen LogP contribution in [0.25, 0.3) is 11.0 Å². The van der Waals surface area contributed by atoms with Crippen LogP contribution in [0.3, 0.4) is 0 Å². The Labute approximate surface area is 128 Å². The van der Waals surface area contributed by atoms with E-state index in [0.717, 1.165) is 36.2 Å². The van der Waals surface area contributed by atoms with Gasteiger partial charge in [0.05, 0.1) is 30.3 Å². The van der Waals surface area contributed by atoms with Crippen LogP contribution >= 0.6 is 0 Å². The van der Waals surface area contributed by atoms with Crippen LogP contribution < -0.4 is 4.90 Å². The second-order valence-electron chi connectivity index (χ2n) is 6.15. The van der Waals surface area contributed by atoms with Gasteiger partial charge in [-0.1, -0.05) is 12.1 Å². The summed E-state index contributed by atoms with van der Waals surface area (Å²) in [5, 5.41) is 0. The van der Waals surface area contributed by atoms with E-state index in [0.29, 0.717) is 13.1 Å². The van der Waals surface area contributed by atoms with Gasteiger partial charge in [0.15, 0.2) is 0 Å². The lowest BCUT2D eigenvalue weighted by molar-refractivity contribution is 0.0445. The molecule has 4 rings (SSSR count). The van der Waals surface area contributed by atoms with Gasteiger partial charge >= 0.3 is 6.09 Å². The summed E-state index contributed by atoms with van der Waals surface area (Å²) in [6.45, 7) is 2.23. The minimum Gasteiger partial charge on any atom is -0.439 e. The molecule has 0 aliphatic carbocycles. The monoisotopic (exact) mass is 298 g/mol. The quantitative estimate of drug-likeness (QED) is 0.806. The van der Waals surface area contributed by atoms with Crippen LogP contribution in [0.15, 0.2) is 30.5 Å². The van der Waals surface area contributed by atoms with E-state index in [1.54, 1.807) is 11.9 Å². The van der Waals surface area contributed by atoms with Gasteiger partial charge < -0.3 is 14.5 Å². The second-order valence-corrected chi connectivity index (χ2v) is 6.15. The highest BCUT2D eigenvalue weighted by atomic mass is 16.6. The molecule has 1 unspecified atom stereocenters. The maximum absolute atomic E-state index is 11.7. The van der Waals surface area contributed by atoms with E-state index in [4.69, 9.17) is 9.72 Å². The average Bonchev–Trinajstić information content (AvgIpc) is 2.80. The lowest BCUT2D eigenvalue weighted by Gasteiger charge is -2.38. The Balaban J connectivity index is 1.62. The zero-order valence-corrected chi connectivity index (χ0v) is 12.5. The minimum atomic E-state index is -0.405. The Kier molecular flexibility index (Phi) is 2.92. The summed E-state index contributed by atoms with van der Waals surface area (Å²) in [5.74, 6) is 0.850. The molecule has 0 bridgehead atoms. The van der Waals surface area contributed by atoms with Crippen molar-refractivity contribution in [2.75, 3.05) is 31.6 Å². The molecule has 0 radical (unpaired) electrons. The van der Waals surface area contributed by atoms with E-state index in [1.165, 1.54) is 0 Å². The molecule has 1 atom stereocenters. The minimum absolute atomic E-state index is 0.230. The van der Waals surface area contributed by atoms with E-state index >= 15 is 0 Å². The molecule has 2 aliphatic rings. The summed E-state index contributed by atoms with van der Waals surface area (Å²) in [6.07, 6.45) is 3.46.